The molecule has 0 bridgehead atoms. The van der Waals surface area contributed by atoms with Crippen molar-refractivity contribution in [2.24, 2.45) is 5.73 Å². The lowest BCUT2D eigenvalue weighted by Gasteiger charge is -2.03. The van der Waals surface area contributed by atoms with E-state index in [2.05, 4.69) is 10.1 Å². The highest BCUT2D eigenvalue weighted by molar-refractivity contribution is 5.61. The van der Waals surface area contributed by atoms with Crippen LogP contribution in [-0.2, 0) is 4.74 Å². The normalized spacial score (nSPS) is 12.9. The van der Waals surface area contributed by atoms with Crippen molar-refractivity contribution in [2.45, 2.75) is 26.8 Å². The minimum atomic E-state index is -0.388. The molecule has 2 heterocycles. The Morgan fingerprint density at radius 1 is 1.28 bits per heavy atom. The molecule has 98 valence electrons. The van der Waals surface area contributed by atoms with Gasteiger partial charge in [0.05, 0.1) is 18.2 Å². The molecule has 2 aromatic rings. The molecule has 0 aromatic carbocycles. The predicted octanol–water partition coefficient (Wildman–Crippen LogP) is 1.90. The number of hydrogen-bond donors (Lipinski definition) is 1. The number of ether oxygens (including phenoxy) is 1. The van der Waals surface area contributed by atoms with E-state index in [1.807, 2.05) is 20.8 Å². The molecule has 1 unspecified atom stereocenters. The van der Waals surface area contributed by atoms with Gasteiger partial charge in [-0.05, 0) is 20.8 Å². The van der Waals surface area contributed by atoms with Crippen LogP contribution in [0.2, 0.25) is 0 Å². The second kappa shape index (κ2) is 4.91. The third kappa shape index (κ3) is 2.16. The maximum atomic E-state index is 5.84. The number of nitrogens with two attached hydrogens (primary N) is 1. The van der Waals surface area contributed by atoms with Crippen LogP contribution in [0, 0.1) is 20.8 Å². The summed E-state index contributed by atoms with van der Waals surface area (Å²) in [5.41, 5.74) is 7.69. The third-order valence-electron chi connectivity index (χ3n) is 2.89. The Morgan fingerprint density at radius 3 is 2.56 bits per heavy atom. The lowest BCUT2D eigenvalue weighted by molar-refractivity contribution is 0.177. The number of rotatable bonds is 4. The number of aryl methyl sites for hydroxylation is 2. The number of hydrogen-bond acceptors (Lipinski definition) is 6. The van der Waals surface area contributed by atoms with Gasteiger partial charge in [0, 0.05) is 12.7 Å². The smallest absolute Gasteiger partial charge is 0.261 e. The molecular formula is C12H17N3O3. The summed E-state index contributed by atoms with van der Waals surface area (Å²) in [4.78, 5) is 4.29. The molecule has 2 aromatic heterocycles. The number of aromatic nitrogens is 2. The highest BCUT2D eigenvalue weighted by atomic mass is 16.5. The Bertz CT molecular complexity index is 545. The molecule has 6 nitrogen and oxygen atoms in total. The lowest BCUT2D eigenvalue weighted by atomic mass is 10.1. The van der Waals surface area contributed by atoms with Crippen molar-refractivity contribution in [3.8, 4) is 11.5 Å². The fourth-order valence-electron chi connectivity index (χ4n) is 1.85. The van der Waals surface area contributed by atoms with Gasteiger partial charge in [-0.15, -0.1) is 0 Å². The van der Waals surface area contributed by atoms with Crippen LogP contribution in [0.5, 0.6) is 0 Å². The van der Waals surface area contributed by atoms with E-state index in [0.717, 1.165) is 22.6 Å². The van der Waals surface area contributed by atoms with E-state index in [-0.39, 0.29) is 6.04 Å². The van der Waals surface area contributed by atoms with Gasteiger partial charge in [-0.25, -0.2) is 0 Å². The molecular weight excluding hydrogens is 234 g/mol. The van der Waals surface area contributed by atoms with Crippen LogP contribution in [0.15, 0.2) is 8.94 Å². The van der Waals surface area contributed by atoms with Gasteiger partial charge in [0.2, 0.25) is 0 Å². The molecule has 18 heavy (non-hydrogen) atoms. The molecule has 0 aliphatic rings. The van der Waals surface area contributed by atoms with Crippen molar-refractivity contribution >= 4 is 0 Å². The van der Waals surface area contributed by atoms with Crippen LogP contribution in [0.25, 0.3) is 11.5 Å². The summed E-state index contributed by atoms with van der Waals surface area (Å²) < 4.78 is 15.7. The summed E-state index contributed by atoms with van der Waals surface area (Å²) >= 11 is 0. The first-order valence-corrected chi connectivity index (χ1v) is 5.69. The van der Waals surface area contributed by atoms with Crippen LogP contribution >= 0.6 is 0 Å². The van der Waals surface area contributed by atoms with Crippen LogP contribution < -0.4 is 5.73 Å². The van der Waals surface area contributed by atoms with Gasteiger partial charge in [0.1, 0.15) is 11.5 Å². The monoisotopic (exact) mass is 251 g/mol. The van der Waals surface area contributed by atoms with E-state index in [4.69, 9.17) is 19.4 Å². The Hall–Kier alpha value is -1.66. The molecule has 0 aliphatic carbocycles. The Morgan fingerprint density at radius 2 is 2.00 bits per heavy atom. The molecule has 0 amide bonds. The summed E-state index contributed by atoms with van der Waals surface area (Å²) in [6, 6.07) is -0.388. The van der Waals surface area contributed by atoms with Gasteiger partial charge in [0.15, 0.2) is 5.82 Å². The van der Waals surface area contributed by atoms with Crippen molar-refractivity contribution in [2.75, 3.05) is 13.7 Å². The van der Waals surface area contributed by atoms with E-state index in [0.29, 0.717) is 18.3 Å². The second-order valence-corrected chi connectivity index (χ2v) is 4.23. The Labute approximate surface area is 105 Å². The lowest BCUT2D eigenvalue weighted by Crippen LogP contribution is -2.17. The highest BCUT2D eigenvalue weighted by Gasteiger charge is 2.21. The van der Waals surface area contributed by atoms with Crippen molar-refractivity contribution in [1.29, 1.82) is 0 Å². The minimum absolute atomic E-state index is 0.349. The van der Waals surface area contributed by atoms with Gasteiger partial charge >= 0.3 is 0 Å². The van der Waals surface area contributed by atoms with E-state index in [9.17, 15) is 0 Å². The molecule has 0 radical (unpaired) electrons. The average Bonchev–Trinajstić information content (AvgIpc) is 2.86. The quantitative estimate of drug-likeness (QED) is 0.892. The fourth-order valence-corrected chi connectivity index (χ4v) is 1.85. The number of furan rings is 1. The average molecular weight is 251 g/mol. The third-order valence-corrected chi connectivity index (χ3v) is 2.89. The minimum Gasteiger partial charge on any atom is -0.466 e. The predicted molar refractivity (Wildman–Crippen MR) is 65.0 cm³/mol. The molecule has 6 heteroatoms. The zero-order valence-electron chi connectivity index (χ0n) is 11.0. The van der Waals surface area contributed by atoms with Crippen molar-refractivity contribution in [3.63, 3.8) is 0 Å². The van der Waals surface area contributed by atoms with Gasteiger partial charge in [-0.3, -0.25) is 0 Å². The van der Waals surface area contributed by atoms with E-state index in [1.54, 1.807) is 7.11 Å². The van der Waals surface area contributed by atoms with E-state index >= 15 is 0 Å². The summed E-state index contributed by atoms with van der Waals surface area (Å²) in [6.07, 6.45) is 0. The van der Waals surface area contributed by atoms with E-state index in [1.165, 1.54) is 0 Å². The first-order chi connectivity index (χ1) is 8.54. The van der Waals surface area contributed by atoms with Gasteiger partial charge in [-0.1, -0.05) is 5.16 Å². The second-order valence-electron chi connectivity index (χ2n) is 4.23. The van der Waals surface area contributed by atoms with E-state index < -0.39 is 0 Å². The van der Waals surface area contributed by atoms with Crippen LogP contribution in [0.1, 0.15) is 29.0 Å². The van der Waals surface area contributed by atoms with Crippen molar-refractivity contribution in [1.82, 2.24) is 10.1 Å². The highest BCUT2D eigenvalue weighted by Crippen LogP contribution is 2.30. The molecule has 1 atom stereocenters. The standard InChI is InChI=1S/C12H17N3O3/c1-6-7(2)17-8(3)10(6)12-14-11(15-18-12)9(13)5-16-4/h9H,5,13H2,1-4H3. The zero-order valence-corrected chi connectivity index (χ0v) is 11.0. The first-order valence-electron chi connectivity index (χ1n) is 5.69. The zero-order chi connectivity index (χ0) is 13.3. The maximum Gasteiger partial charge on any atom is 0.261 e. The van der Waals surface area contributed by atoms with Crippen LogP contribution in [-0.4, -0.2) is 23.9 Å². The van der Waals surface area contributed by atoms with Crippen molar-refractivity contribution in [3.05, 3.63) is 22.9 Å². The van der Waals surface area contributed by atoms with Crippen LogP contribution in [0.4, 0.5) is 0 Å². The first kappa shape index (κ1) is 12.8. The van der Waals surface area contributed by atoms with Gasteiger partial charge in [-0.2, -0.15) is 4.98 Å². The largest absolute Gasteiger partial charge is 0.466 e. The summed E-state index contributed by atoms with van der Waals surface area (Å²) in [7, 11) is 1.58. The summed E-state index contributed by atoms with van der Waals surface area (Å²) in [5.74, 6) is 2.48. The van der Waals surface area contributed by atoms with Gasteiger partial charge in [0.25, 0.3) is 5.89 Å². The Balaban J connectivity index is 2.35. The molecule has 0 saturated heterocycles. The van der Waals surface area contributed by atoms with Crippen LogP contribution in [0.3, 0.4) is 0 Å². The molecule has 0 fully saturated rings. The fraction of sp³-hybridized carbons (Fsp3) is 0.500. The molecule has 0 aliphatic heterocycles. The SMILES string of the molecule is COCC(N)c1noc(-c2c(C)oc(C)c2C)n1. The molecule has 2 N–H and O–H groups in total. The molecule has 0 saturated carbocycles. The van der Waals surface area contributed by atoms with Crippen molar-refractivity contribution < 1.29 is 13.7 Å². The Kier molecular flexibility index (Phi) is 3.49. The number of methoxy groups -OCH3 is 1. The van der Waals surface area contributed by atoms with Gasteiger partial charge < -0.3 is 19.4 Å². The summed E-state index contributed by atoms with van der Waals surface area (Å²) in [5, 5.41) is 3.87. The topological polar surface area (TPSA) is 87.3 Å². The summed E-state index contributed by atoms with van der Waals surface area (Å²) in [6.45, 7) is 6.08. The molecule has 0 spiro atoms. The maximum absolute atomic E-state index is 5.84. The number of nitrogens with zero attached hydrogens (tertiary/aromatic N) is 2. The molecule has 2 rings (SSSR count).